The molecule has 2 aromatic heterocycles. The van der Waals surface area contributed by atoms with E-state index in [9.17, 15) is 14.4 Å². The molecule has 0 unspecified atom stereocenters. The SMILES string of the molecule is NC(=O)CCc1nnc(SCCN2C(=O)c3ccccc3C2=O)n1Cc1ccco1. The van der Waals surface area contributed by atoms with Crippen LogP contribution in [0.4, 0.5) is 0 Å². The molecular formula is C20H19N5O4S. The summed E-state index contributed by atoms with van der Waals surface area (Å²) in [5, 5.41) is 9.00. The molecule has 0 saturated heterocycles. The maximum absolute atomic E-state index is 12.5. The van der Waals surface area contributed by atoms with Gasteiger partial charge in [0.15, 0.2) is 5.16 Å². The molecule has 0 atom stereocenters. The second-order valence-corrected chi connectivity index (χ2v) is 7.75. The number of amides is 3. The molecule has 0 bridgehead atoms. The molecule has 3 aromatic rings. The number of nitrogens with two attached hydrogens (primary N) is 1. The van der Waals surface area contributed by atoms with Crippen molar-refractivity contribution in [2.75, 3.05) is 12.3 Å². The largest absolute Gasteiger partial charge is 0.467 e. The number of benzene rings is 1. The maximum atomic E-state index is 12.5. The molecule has 0 spiro atoms. The Hall–Kier alpha value is -3.40. The number of hydrogen-bond acceptors (Lipinski definition) is 7. The highest BCUT2D eigenvalue weighted by Gasteiger charge is 2.34. The van der Waals surface area contributed by atoms with Crippen molar-refractivity contribution in [2.24, 2.45) is 5.73 Å². The lowest BCUT2D eigenvalue weighted by molar-refractivity contribution is -0.118. The predicted octanol–water partition coefficient (Wildman–Crippen LogP) is 1.73. The fourth-order valence-corrected chi connectivity index (χ4v) is 4.11. The number of nitrogens with zero attached hydrogens (tertiary/aromatic N) is 4. The number of thioether (sulfide) groups is 1. The number of aromatic nitrogens is 3. The van der Waals surface area contributed by atoms with Gasteiger partial charge >= 0.3 is 0 Å². The molecule has 0 radical (unpaired) electrons. The molecule has 154 valence electrons. The monoisotopic (exact) mass is 425 g/mol. The molecule has 4 rings (SSSR count). The van der Waals surface area contributed by atoms with Crippen LogP contribution in [0.25, 0.3) is 0 Å². The number of carbonyl (C=O) groups excluding carboxylic acids is 3. The van der Waals surface area contributed by atoms with Crippen LogP contribution in [0.15, 0.2) is 52.2 Å². The molecular weight excluding hydrogens is 406 g/mol. The van der Waals surface area contributed by atoms with Gasteiger partial charge in [0.2, 0.25) is 5.91 Å². The van der Waals surface area contributed by atoms with Gasteiger partial charge in [-0.05, 0) is 24.3 Å². The second-order valence-electron chi connectivity index (χ2n) is 6.69. The van der Waals surface area contributed by atoms with E-state index < -0.39 is 5.91 Å². The van der Waals surface area contributed by atoms with E-state index in [1.54, 1.807) is 36.6 Å². The molecule has 0 aliphatic carbocycles. The van der Waals surface area contributed by atoms with Gasteiger partial charge in [-0.1, -0.05) is 23.9 Å². The standard InChI is InChI=1S/C20H19N5O4S/c21-16(26)7-8-17-22-23-20(25(17)12-13-4-3-10-29-13)30-11-9-24-18(27)14-5-1-2-6-15(14)19(24)28/h1-6,10H,7-9,11-12H2,(H2,21,26). The predicted molar refractivity (Wildman–Crippen MR) is 108 cm³/mol. The molecule has 0 saturated carbocycles. The highest BCUT2D eigenvalue weighted by Crippen LogP contribution is 2.24. The topological polar surface area (TPSA) is 124 Å². The van der Waals surface area contributed by atoms with E-state index in [4.69, 9.17) is 10.2 Å². The number of carbonyl (C=O) groups is 3. The molecule has 3 heterocycles. The van der Waals surface area contributed by atoms with Crippen LogP contribution in [-0.4, -0.2) is 49.7 Å². The van der Waals surface area contributed by atoms with Crippen molar-refractivity contribution in [1.29, 1.82) is 0 Å². The number of aryl methyl sites for hydroxylation is 1. The lowest BCUT2D eigenvalue weighted by atomic mass is 10.1. The van der Waals surface area contributed by atoms with Crippen LogP contribution in [0.2, 0.25) is 0 Å². The molecule has 30 heavy (non-hydrogen) atoms. The minimum absolute atomic E-state index is 0.163. The number of rotatable bonds is 9. The Labute approximate surface area is 176 Å². The van der Waals surface area contributed by atoms with Gasteiger partial charge in [0.25, 0.3) is 11.8 Å². The summed E-state index contributed by atoms with van der Waals surface area (Å²) in [7, 11) is 0. The van der Waals surface area contributed by atoms with Crippen molar-refractivity contribution in [2.45, 2.75) is 24.5 Å². The number of hydrogen-bond donors (Lipinski definition) is 1. The zero-order valence-electron chi connectivity index (χ0n) is 16.0. The first kappa shape index (κ1) is 19.9. The van der Waals surface area contributed by atoms with Gasteiger partial charge in [0.1, 0.15) is 11.6 Å². The zero-order chi connectivity index (χ0) is 21.1. The number of imide groups is 1. The summed E-state index contributed by atoms with van der Waals surface area (Å²) in [6.07, 6.45) is 2.11. The second kappa shape index (κ2) is 8.54. The van der Waals surface area contributed by atoms with E-state index in [2.05, 4.69) is 10.2 Å². The fraction of sp³-hybridized carbons (Fsp3) is 0.250. The van der Waals surface area contributed by atoms with Gasteiger partial charge in [0.05, 0.1) is 23.9 Å². The molecule has 0 fully saturated rings. The van der Waals surface area contributed by atoms with Crippen LogP contribution in [0.1, 0.15) is 38.7 Å². The summed E-state index contributed by atoms with van der Waals surface area (Å²) in [6.45, 7) is 0.657. The average molecular weight is 425 g/mol. The minimum atomic E-state index is -0.414. The fourth-order valence-electron chi connectivity index (χ4n) is 3.23. The maximum Gasteiger partial charge on any atom is 0.261 e. The van der Waals surface area contributed by atoms with Crippen LogP contribution in [0.5, 0.6) is 0 Å². The first-order valence-corrected chi connectivity index (χ1v) is 10.3. The smallest absolute Gasteiger partial charge is 0.261 e. The zero-order valence-corrected chi connectivity index (χ0v) is 16.8. The summed E-state index contributed by atoms with van der Waals surface area (Å²) >= 11 is 1.38. The normalized spacial score (nSPS) is 13.1. The van der Waals surface area contributed by atoms with Crippen molar-refractivity contribution in [3.8, 4) is 0 Å². The molecule has 2 N–H and O–H groups in total. The Morgan fingerprint density at radius 3 is 2.43 bits per heavy atom. The van der Waals surface area contributed by atoms with E-state index in [1.807, 2.05) is 10.6 Å². The third kappa shape index (κ3) is 3.99. The van der Waals surface area contributed by atoms with E-state index in [1.165, 1.54) is 16.7 Å². The van der Waals surface area contributed by atoms with Gasteiger partial charge in [-0.25, -0.2) is 0 Å². The number of furan rings is 1. The van der Waals surface area contributed by atoms with Crippen LogP contribution in [-0.2, 0) is 17.8 Å². The molecule has 3 amide bonds. The minimum Gasteiger partial charge on any atom is -0.467 e. The summed E-state index contributed by atoms with van der Waals surface area (Å²) in [6, 6.07) is 10.4. The summed E-state index contributed by atoms with van der Waals surface area (Å²) in [4.78, 5) is 37.4. The van der Waals surface area contributed by atoms with E-state index >= 15 is 0 Å². The third-order valence-corrected chi connectivity index (χ3v) is 5.65. The summed E-state index contributed by atoms with van der Waals surface area (Å²) < 4.78 is 7.27. The molecule has 1 aromatic carbocycles. The summed E-state index contributed by atoms with van der Waals surface area (Å²) in [5.74, 6) is 0.816. The first-order chi connectivity index (χ1) is 14.5. The highest BCUT2D eigenvalue weighted by molar-refractivity contribution is 7.99. The average Bonchev–Trinajstić information content (AvgIpc) is 3.44. The van der Waals surface area contributed by atoms with E-state index in [-0.39, 0.29) is 24.8 Å². The van der Waals surface area contributed by atoms with Gasteiger partial charge in [-0.15, -0.1) is 10.2 Å². The van der Waals surface area contributed by atoms with Gasteiger partial charge in [-0.3, -0.25) is 23.9 Å². The Kier molecular flexibility index (Phi) is 5.66. The van der Waals surface area contributed by atoms with Gasteiger partial charge in [-0.2, -0.15) is 0 Å². The van der Waals surface area contributed by atoms with Gasteiger partial charge in [0, 0.05) is 25.1 Å². The van der Waals surface area contributed by atoms with Crippen LogP contribution in [0, 0.1) is 0 Å². The first-order valence-electron chi connectivity index (χ1n) is 9.35. The van der Waals surface area contributed by atoms with Crippen molar-refractivity contribution in [1.82, 2.24) is 19.7 Å². The highest BCUT2D eigenvalue weighted by atomic mass is 32.2. The lowest BCUT2D eigenvalue weighted by Crippen LogP contribution is -2.31. The van der Waals surface area contributed by atoms with Crippen LogP contribution < -0.4 is 5.73 Å². The molecule has 10 heteroatoms. The Bertz CT molecular complexity index is 1060. The summed E-state index contributed by atoms with van der Waals surface area (Å²) in [5.41, 5.74) is 6.12. The Balaban J connectivity index is 1.45. The Morgan fingerprint density at radius 2 is 1.80 bits per heavy atom. The Morgan fingerprint density at radius 1 is 1.07 bits per heavy atom. The molecule has 1 aliphatic heterocycles. The van der Waals surface area contributed by atoms with Crippen molar-refractivity contribution < 1.29 is 18.8 Å². The van der Waals surface area contributed by atoms with Crippen LogP contribution >= 0.6 is 11.8 Å². The van der Waals surface area contributed by atoms with Gasteiger partial charge < -0.3 is 10.2 Å². The lowest BCUT2D eigenvalue weighted by Gasteiger charge is -2.13. The van der Waals surface area contributed by atoms with E-state index in [0.29, 0.717) is 40.8 Å². The number of primary amides is 1. The van der Waals surface area contributed by atoms with E-state index in [0.717, 1.165) is 5.76 Å². The quantitative estimate of drug-likeness (QED) is 0.409. The van der Waals surface area contributed by atoms with Crippen molar-refractivity contribution in [3.05, 3.63) is 65.4 Å². The van der Waals surface area contributed by atoms with Crippen LogP contribution in [0.3, 0.4) is 0 Å². The number of fused-ring (bicyclic) bond motifs is 1. The molecule has 9 nitrogen and oxygen atoms in total. The van der Waals surface area contributed by atoms with Crippen molar-refractivity contribution >= 4 is 29.5 Å². The third-order valence-electron chi connectivity index (χ3n) is 4.71. The molecule has 1 aliphatic rings. The van der Waals surface area contributed by atoms with Crippen molar-refractivity contribution in [3.63, 3.8) is 0 Å².